The molecule has 1 unspecified atom stereocenters. The summed E-state index contributed by atoms with van der Waals surface area (Å²) >= 11 is 3.47. The molecule has 0 aliphatic heterocycles. The first-order valence-corrected chi connectivity index (χ1v) is 7.41. The molecule has 1 atom stereocenters. The van der Waals surface area contributed by atoms with Crippen LogP contribution in [-0.2, 0) is 6.54 Å². The minimum atomic E-state index is -0.770. The molecule has 0 aliphatic carbocycles. The summed E-state index contributed by atoms with van der Waals surface area (Å²) in [5, 5.41) is 15.0. The number of methoxy groups -OCH3 is 1. The lowest BCUT2D eigenvalue weighted by Gasteiger charge is -2.17. The van der Waals surface area contributed by atoms with Crippen LogP contribution in [0.4, 0.5) is 0 Å². The van der Waals surface area contributed by atoms with E-state index in [1.807, 2.05) is 29.8 Å². The maximum Gasteiger partial charge on any atom is 0.125 e. The predicted octanol–water partition coefficient (Wildman–Crippen LogP) is 3.45. The van der Waals surface area contributed by atoms with Crippen LogP contribution in [0.25, 0.3) is 0 Å². The molecule has 1 aromatic carbocycles. The summed E-state index contributed by atoms with van der Waals surface area (Å²) in [6, 6.07) is 5.79. The molecule has 1 heterocycles. The SMILES string of the molecule is CCCn1ncc(Br)c1C(O)c1cc(C)ccc1OC. The maximum absolute atomic E-state index is 10.7. The lowest BCUT2D eigenvalue weighted by molar-refractivity contribution is 0.201. The Morgan fingerprint density at radius 1 is 1.45 bits per heavy atom. The Bertz CT molecular complexity index is 596. The van der Waals surface area contributed by atoms with Crippen molar-refractivity contribution in [1.82, 2.24) is 9.78 Å². The van der Waals surface area contributed by atoms with Crippen LogP contribution in [-0.4, -0.2) is 22.0 Å². The first kappa shape index (κ1) is 15.1. The van der Waals surface area contributed by atoms with Gasteiger partial charge in [0.1, 0.15) is 11.9 Å². The number of aryl methyl sites for hydroxylation is 2. The molecule has 0 amide bonds. The van der Waals surface area contributed by atoms with E-state index >= 15 is 0 Å². The quantitative estimate of drug-likeness (QED) is 0.908. The van der Waals surface area contributed by atoms with Crippen LogP contribution in [0.1, 0.15) is 36.3 Å². The lowest BCUT2D eigenvalue weighted by atomic mass is 10.0. The van der Waals surface area contributed by atoms with E-state index in [9.17, 15) is 5.11 Å². The van der Waals surface area contributed by atoms with Crippen molar-refractivity contribution >= 4 is 15.9 Å². The molecule has 0 radical (unpaired) electrons. The van der Waals surface area contributed by atoms with Crippen molar-refractivity contribution in [2.24, 2.45) is 0 Å². The highest BCUT2D eigenvalue weighted by atomic mass is 79.9. The molecule has 5 heteroatoms. The summed E-state index contributed by atoms with van der Waals surface area (Å²) in [6.07, 6.45) is 1.91. The van der Waals surface area contributed by atoms with E-state index in [0.29, 0.717) is 5.75 Å². The molecule has 0 spiro atoms. The highest BCUT2D eigenvalue weighted by Gasteiger charge is 2.22. The fourth-order valence-electron chi connectivity index (χ4n) is 2.25. The summed E-state index contributed by atoms with van der Waals surface area (Å²) in [4.78, 5) is 0. The van der Waals surface area contributed by atoms with Gasteiger partial charge in [-0.3, -0.25) is 4.68 Å². The van der Waals surface area contributed by atoms with Crippen LogP contribution in [0.15, 0.2) is 28.9 Å². The molecule has 0 aliphatic rings. The summed E-state index contributed by atoms with van der Waals surface area (Å²) in [7, 11) is 1.61. The number of halogens is 1. The smallest absolute Gasteiger partial charge is 0.125 e. The van der Waals surface area contributed by atoms with E-state index in [1.165, 1.54) is 0 Å². The molecule has 108 valence electrons. The van der Waals surface area contributed by atoms with E-state index in [1.54, 1.807) is 13.3 Å². The van der Waals surface area contributed by atoms with Gasteiger partial charge in [0.25, 0.3) is 0 Å². The average molecular weight is 339 g/mol. The van der Waals surface area contributed by atoms with Crippen molar-refractivity contribution < 1.29 is 9.84 Å². The number of aliphatic hydroxyl groups excluding tert-OH is 1. The van der Waals surface area contributed by atoms with Crippen molar-refractivity contribution in [1.29, 1.82) is 0 Å². The van der Waals surface area contributed by atoms with Gasteiger partial charge in [0.15, 0.2) is 0 Å². The first-order valence-electron chi connectivity index (χ1n) is 6.62. The summed E-state index contributed by atoms with van der Waals surface area (Å²) < 4.78 is 7.99. The molecular formula is C15H19BrN2O2. The van der Waals surface area contributed by atoms with E-state index in [0.717, 1.165) is 34.3 Å². The zero-order valence-corrected chi connectivity index (χ0v) is 13.5. The molecule has 2 aromatic rings. The van der Waals surface area contributed by atoms with E-state index in [4.69, 9.17) is 4.74 Å². The molecule has 1 aromatic heterocycles. The third kappa shape index (κ3) is 2.88. The number of rotatable bonds is 5. The third-order valence-corrected chi connectivity index (χ3v) is 3.82. The predicted molar refractivity (Wildman–Crippen MR) is 82.0 cm³/mol. The van der Waals surface area contributed by atoms with Crippen molar-refractivity contribution in [2.75, 3.05) is 7.11 Å². The van der Waals surface area contributed by atoms with Crippen LogP contribution < -0.4 is 4.74 Å². The number of aromatic nitrogens is 2. The largest absolute Gasteiger partial charge is 0.496 e. The zero-order chi connectivity index (χ0) is 14.7. The second-order valence-electron chi connectivity index (χ2n) is 4.75. The normalized spacial score (nSPS) is 12.4. The zero-order valence-electron chi connectivity index (χ0n) is 11.9. The van der Waals surface area contributed by atoms with Crippen LogP contribution in [0.5, 0.6) is 5.75 Å². The van der Waals surface area contributed by atoms with Crippen LogP contribution in [0.3, 0.4) is 0 Å². The second-order valence-corrected chi connectivity index (χ2v) is 5.60. The Hall–Kier alpha value is -1.33. The van der Waals surface area contributed by atoms with Crippen molar-refractivity contribution in [3.63, 3.8) is 0 Å². The first-order chi connectivity index (χ1) is 9.58. The fourth-order valence-corrected chi connectivity index (χ4v) is 2.76. The Kier molecular flexibility index (Phi) is 4.83. The second kappa shape index (κ2) is 6.41. The number of aliphatic hydroxyl groups is 1. The number of benzene rings is 1. The number of ether oxygens (including phenoxy) is 1. The highest BCUT2D eigenvalue weighted by molar-refractivity contribution is 9.10. The molecule has 20 heavy (non-hydrogen) atoms. The molecule has 0 fully saturated rings. The van der Waals surface area contributed by atoms with Gasteiger partial charge in [0.2, 0.25) is 0 Å². The molecule has 0 saturated carbocycles. The maximum atomic E-state index is 10.7. The Morgan fingerprint density at radius 3 is 2.85 bits per heavy atom. The van der Waals surface area contributed by atoms with Gasteiger partial charge in [-0.1, -0.05) is 18.6 Å². The van der Waals surface area contributed by atoms with Gasteiger partial charge in [0, 0.05) is 12.1 Å². The highest BCUT2D eigenvalue weighted by Crippen LogP contribution is 2.34. The monoisotopic (exact) mass is 338 g/mol. The summed E-state index contributed by atoms with van der Waals surface area (Å²) in [5.41, 5.74) is 2.60. The Labute approximate surface area is 127 Å². The minimum absolute atomic E-state index is 0.680. The Balaban J connectivity index is 2.48. The van der Waals surface area contributed by atoms with E-state index in [-0.39, 0.29) is 0 Å². The molecule has 4 nitrogen and oxygen atoms in total. The van der Waals surface area contributed by atoms with E-state index < -0.39 is 6.10 Å². The Morgan fingerprint density at radius 2 is 2.20 bits per heavy atom. The van der Waals surface area contributed by atoms with Crippen molar-refractivity contribution in [3.05, 3.63) is 45.7 Å². The summed E-state index contributed by atoms with van der Waals surface area (Å²) in [6.45, 7) is 4.85. The van der Waals surface area contributed by atoms with Gasteiger partial charge in [-0.2, -0.15) is 5.10 Å². The van der Waals surface area contributed by atoms with Crippen molar-refractivity contribution in [2.45, 2.75) is 32.9 Å². The number of nitrogens with zero attached hydrogens (tertiary/aromatic N) is 2. The third-order valence-electron chi connectivity index (χ3n) is 3.21. The van der Waals surface area contributed by atoms with Gasteiger partial charge in [-0.05, 0) is 41.4 Å². The van der Waals surface area contributed by atoms with E-state index in [2.05, 4.69) is 28.0 Å². The van der Waals surface area contributed by atoms with Gasteiger partial charge in [0.05, 0.1) is 23.5 Å². The van der Waals surface area contributed by atoms with Gasteiger partial charge < -0.3 is 9.84 Å². The van der Waals surface area contributed by atoms with Crippen molar-refractivity contribution in [3.8, 4) is 5.75 Å². The van der Waals surface area contributed by atoms with Gasteiger partial charge in [-0.25, -0.2) is 0 Å². The van der Waals surface area contributed by atoms with Crippen LogP contribution in [0, 0.1) is 6.92 Å². The number of hydrogen-bond donors (Lipinski definition) is 1. The molecule has 2 rings (SSSR count). The summed E-state index contributed by atoms with van der Waals surface area (Å²) in [5.74, 6) is 0.680. The van der Waals surface area contributed by atoms with Crippen LogP contribution in [0.2, 0.25) is 0 Å². The average Bonchev–Trinajstić information content (AvgIpc) is 2.79. The van der Waals surface area contributed by atoms with Gasteiger partial charge >= 0.3 is 0 Å². The fraction of sp³-hybridized carbons (Fsp3) is 0.400. The molecule has 0 bridgehead atoms. The standard InChI is InChI=1S/C15H19BrN2O2/c1-4-7-18-14(12(16)9-17-18)15(19)11-8-10(2)5-6-13(11)20-3/h5-6,8-9,15,19H,4,7H2,1-3H3. The molecular weight excluding hydrogens is 320 g/mol. The molecule has 1 N–H and O–H groups in total. The minimum Gasteiger partial charge on any atom is -0.496 e. The topological polar surface area (TPSA) is 47.3 Å². The number of hydrogen-bond acceptors (Lipinski definition) is 3. The van der Waals surface area contributed by atoms with Gasteiger partial charge in [-0.15, -0.1) is 0 Å². The van der Waals surface area contributed by atoms with Crippen LogP contribution >= 0.6 is 15.9 Å². The molecule has 0 saturated heterocycles. The lowest BCUT2D eigenvalue weighted by Crippen LogP contribution is -2.11.